The van der Waals surface area contributed by atoms with E-state index in [4.69, 9.17) is 28.3 Å². The normalized spacial score (nSPS) is 10.8. The first-order valence-corrected chi connectivity index (χ1v) is 5.92. The summed E-state index contributed by atoms with van der Waals surface area (Å²) in [5, 5.41) is 18.0. The lowest BCUT2D eigenvalue weighted by atomic mass is 10.2. The van der Waals surface area contributed by atoms with Crippen molar-refractivity contribution in [2.45, 2.75) is 20.0 Å². The third-order valence-corrected chi connectivity index (χ3v) is 3.22. The van der Waals surface area contributed by atoms with E-state index in [1.165, 1.54) is 0 Å². The van der Waals surface area contributed by atoms with Crippen LogP contribution in [0.2, 0.25) is 10.0 Å². The average molecular weight is 272 g/mol. The van der Waals surface area contributed by atoms with Gasteiger partial charge in [-0.3, -0.25) is 0 Å². The third kappa shape index (κ3) is 2.29. The molecule has 0 aliphatic rings. The molecule has 1 aromatic heterocycles. The van der Waals surface area contributed by atoms with Gasteiger partial charge in [0.1, 0.15) is 5.69 Å². The van der Waals surface area contributed by atoms with Crippen LogP contribution in [0.1, 0.15) is 18.3 Å². The maximum atomic E-state index is 9.15. The Balaban J connectivity index is 2.52. The molecular weight excluding hydrogens is 261 g/mol. The van der Waals surface area contributed by atoms with Gasteiger partial charge in [-0.25, -0.2) is 4.68 Å². The van der Waals surface area contributed by atoms with Gasteiger partial charge in [0.2, 0.25) is 0 Å². The molecule has 17 heavy (non-hydrogen) atoms. The number of halogens is 2. The summed E-state index contributed by atoms with van der Waals surface area (Å²) in [5.41, 5.74) is 2.23. The second-order valence-electron chi connectivity index (χ2n) is 3.50. The number of hydrogen-bond donors (Lipinski definition) is 1. The molecule has 2 aromatic rings. The standard InChI is InChI=1S/C11H11Cl2N3O/c1-2-11-10(6-17)14-15-16(11)7-3-4-8(12)9(13)5-7/h3-5,17H,2,6H2,1H3. The molecule has 0 bridgehead atoms. The summed E-state index contributed by atoms with van der Waals surface area (Å²) in [4.78, 5) is 0. The zero-order valence-corrected chi connectivity index (χ0v) is 10.7. The van der Waals surface area contributed by atoms with E-state index in [0.29, 0.717) is 15.7 Å². The fraction of sp³-hybridized carbons (Fsp3) is 0.273. The monoisotopic (exact) mass is 271 g/mol. The van der Waals surface area contributed by atoms with Gasteiger partial charge in [-0.05, 0) is 24.6 Å². The highest BCUT2D eigenvalue weighted by atomic mass is 35.5. The molecule has 0 fully saturated rings. The summed E-state index contributed by atoms with van der Waals surface area (Å²) in [6.45, 7) is 1.86. The first-order chi connectivity index (χ1) is 8.17. The zero-order chi connectivity index (χ0) is 12.4. The SMILES string of the molecule is CCc1c(CO)nnn1-c1ccc(Cl)c(Cl)c1. The van der Waals surface area contributed by atoms with Gasteiger partial charge in [-0.1, -0.05) is 35.3 Å². The summed E-state index contributed by atoms with van der Waals surface area (Å²) in [5.74, 6) is 0. The van der Waals surface area contributed by atoms with Gasteiger partial charge in [0.05, 0.1) is 28.0 Å². The zero-order valence-electron chi connectivity index (χ0n) is 9.19. The van der Waals surface area contributed by atoms with Crippen LogP contribution in [0.4, 0.5) is 0 Å². The van der Waals surface area contributed by atoms with E-state index >= 15 is 0 Å². The highest BCUT2D eigenvalue weighted by Gasteiger charge is 2.12. The van der Waals surface area contributed by atoms with Crippen LogP contribution in [0, 0.1) is 0 Å². The van der Waals surface area contributed by atoms with Gasteiger partial charge in [-0.15, -0.1) is 5.10 Å². The van der Waals surface area contributed by atoms with Crippen molar-refractivity contribution in [1.29, 1.82) is 0 Å². The third-order valence-electron chi connectivity index (χ3n) is 2.48. The van der Waals surface area contributed by atoms with E-state index < -0.39 is 0 Å². The van der Waals surface area contributed by atoms with Gasteiger partial charge >= 0.3 is 0 Å². The Morgan fingerprint density at radius 1 is 1.29 bits per heavy atom. The lowest BCUT2D eigenvalue weighted by Crippen LogP contribution is -2.02. The highest BCUT2D eigenvalue weighted by Crippen LogP contribution is 2.25. The minimum Gasteiger partial charge on any atom is -0.390 e. The van der Waals surface area contributed by atoms with Gasteiger partial charge in [0, 0.05) is 0 Å². The Hall–Kier alpha value is -1.10. The van der Waals surface area contributed by atoms with E-state index in [2.05, 4.69) is 10.3 Å². The molecule has 4 nitrogen and oxygen atoms in total. The summed E-state index contributed by atoms with van der Waals surface area (Å²) < 4.78 is 1.66. The van der Waals surface area contributed by atoms with Crippen molar-refractivity contribution >= 4 is 23.2 Å². The van der Waals surface area contributed by atoms with Crippen LogP contribution in [0.25, 0.3) is 5.69 Å². The number of rotatable bonds is 3. The molecule has 0 aliphatic carbocycles. The molecule has 2 rings (SSSR count). The lowest BCUT2D eigenvalue weighted by Gasteiger charge is -2.06. The fourth-order valence-electron chi connectivity index (χ4n) is 1.63. The van der Waals surface area contributed by atoms with Crippen LogP contribution in [0.5, 0.6) is 0 Å². The molecule has 0 aliphatic heterocycles. The molecule has 0 unspecified atom stereocenters. The van der Waals surface area contributed by atoms with Crippen molar-refractivity contribution < 1.29 is 5.11 Å². The van der Waals surface area contributed by atoms with Gasteiger partial charge in [0.15, 0.2) is 0 Å². The second-order valence-corrected chi connectivity index (χ2v) is 4.32. The Kier molecular flexibility index (Phi) is 3.66. The van der Waals surface area contributed by atoms with Gasteiger partial charge < -0.3 is 5.11 Å². The molecule has 6 heteroatoms. The predicted molar refractivity (Wildman–Crippen MR) is 66.7 cm³/mol. The molecule has 0 atom stereocenters. The highest BCUT2D eigenvalue weighted by molar-refractivity contribution is 6.42. The van der Waals surface area contributed by atoms with Gasteiger partial charge in [-0.2, -0.15) is 0 Å². The molecule has 0 saturated carbocycles. The van der Waals surface area contributed by atoms with Crippen molar-refractivity contribution in [1.82, 2.24) is 15.0 Å². The minimum atomic E-state index is -0.121. The fourth-order valence-corrected chi connectivity index (χ4v) is 1.93. The number of hydrogen-bond acceptors (Lipinski definition) is 3. The lowest BCUT2D eigenvalue weighted by molar-refractivity contribution is 0.275. The Morgan fingerprint density at radius 3 is 2.65 bits per heavy atom. The Labute approximate surface area is 109 Å². The van der Waals surface area contributed by atoms with E-state index in [0.717, 1.165) is 17.8 Å². The predicted octanol–water partition coefficient (Wildman–Crippen LogP) is 2.63. The smallest absolute Gasteiger partial charge is 0.112 e. The number of aliphatic hydroxyl groups excluding tert-OH is 1. The van der Waals surface area contributed by atoms with E-state index in [1.807, 2.05) is 13.0 Å². The molecule has 0 amide bonds. The molecule has 0 spiro atoms. The second kappa shape index (κ2) is 5.04. The topological polar surface area (TPSA) is 50.9 Å². The first kappa shape index (κ1) is 12.4. The van der Waals surface area contributed by atoms with Crippen LogP contribution in [0.15, 0.2) is 18.2 Å². The van der Waals surface area contributed by atoms with Crippen LogP contribution >= 0.6 is 23.2 Å². The maximum absolute atomic E-state index is 9.15. The number of nitrogens with zero attached hydrogens (tertiary/aromatic N) is 3. The quantitative estimate of drug-likeness (QED) is 0.934. The van der Waals surface area contributed by atoms with E-state index in [9.17, 15) is 0 Å². The summed E-state index contributed by atoms with van der Waals surface area (Å²) in [6, 6.07) is 5.24. The number of aromatic nitrogens is 3. The Bertz CT molecular complexity index is 540. The van der Waals surface area contributed by atoms with Crippen LogP contribution in [-0.4, -0.2) is 20.1 Å². The average Bonchev–Trinajstić information content (AvgIpc) is 2.75. The summed E-state index contributed by atoms with van der Waals surface area (Å²) in [6.07, 6.45) is 0.725. The van der Waals surface area contributed by atoms with E-state index in [-0.39, 0.29) is 6.61 Å². The molecule has 1 heterocycles. The Morgan fingerprint density at radius 2 is 2.06 bits per heavy atom. The summed E-state index contributed by atoms with van der Waals surface area (Å²) in [7, 11) is 0. The van der Waals surface area contributed by atoms with Crippen molar-refractivity contribution in [3.8, 4) is 5.69 Å². The largest absolute Gasteiger partial charge is 0.390 e. The van der Waals surface area contributed by atoms with Crippen molar-refractivity contribution in [2.75, 3.05) is 0 Å². The molecule has 90 valence electrons. The summed E-state index contributed by atoms with van der Waals surface area (Å²) >= 11 is 11.8. The first-order valence-electron chi connectivity index (χ1n) is 5.17. The maximum Gasteiger partial charge on any atom is 0.112 e. The van der Waals surface area contributed by atoms with Crippen LogP contribution < -0.4 is 0 Å². The molecule has 0 saturated heterocycles. The van der Waals surface area contributed by atoms with E-state index in [1.54, 1.807) is 16.8 Å². The van der Waals surface area contributed by atoms with Gasteiger partial charge in [0.25, 0.3) is 0 Å². The van der Waals surface area contributed by atoms with Crippen molar-refractivity contribution in [2.24, 2.45) is 0 Å². The van der Waals surface area contributed by atoms with Crippen LogP contribution in [-0.2, 0) is 13.0 Å². The van der Waals surface area contributed by atoms with Crippen molar-refractivity contribution in [3.05, 3.63) is 39.6 Å². The van der Waals surface area contributed by atoms with Crippen molar-refractivity contribution in [3.63, 3.8) is 0 Å². The molecule has 1 aromatic carbocycles. The molecular formula is C11H11Cl2N3O. The number of aliphatic hydroxyl groups is 1. The molecule has 1 N–H and O–H groups in total. The number of benzene rings is 1. The minimum absolute atomic E-state index is 0.121. The molecule has 0 radical (unpaired) electrons. The van der Waals surface area contributed by atoms with Crippen LogP contribution in [0.3, 0.4) is 0 Å².